The summed E-state index contributed by atoms with van der Waals surface area (Å²) in [5, 5.41) is 5.59. The molecule has 0 fully saturated rings. The van der Waals surface area contributed by atoms with Crippen LogP contribution in [-0.2, 0) is 13.1 Å². The van der Waals surface area contributed by atoms with Gasteiger partial charge in [0.15, 0.2) is 0 Å². The molecule has 0 aliphatic heterocycles. The minimum absolute atomic E-state index is 0.507. The van der Waals surface area contributed by atoms with Crippen LogP contribution in [0.1, 0.15) is 12.6 Å². The number of rotatable bonds is 2. The van der Waals surface area contributed by atoms with Crippen molar-refractivity contribution in [2.45, 2.75) is 20.0 Å². The maximum Gasteiger partial charge on any atom is 0.0838 e. The Bertz CT molecular complexity index is 379. The lowest BCUT2D eigenvalue weighted by Gasteiger charge is -1.95. The molecule has 0 bridgehead atoms. The fourth-order valence-electron chi connectivity index (χ4n) is 1.59. The number of nitrogens with zero attached hydrogens (tertiary/aromatic N) is 2. The maximum absolute atomic E-state index is 5.61. The Labute approximate surface area is 77.2 Å². The van der Waals surface area contributed by atoms with Gasteiger partial charge in [-0.05, 0) is 13.0 Å². The molecule has 68 valence electrons. The Kier molecular flexibility index (Phi) is 2.02. The van der Waals surface area contributed by atoms with Gasteiger partial charge in [0, 0.05) is 18.5 Å². The summed E-state index contributed by atoms with van der Waals surface area (Å²) in [7, 11) is 0. The second-order valence-corrected chi connectivity index (χ2v) is 2.98. The van der Waals surface area contributed by atoms with E-state index in [1.165, 1.54) is 10.9 Å². The van der Waals surface area contributed by atoms with Gasteiger partial charge in [0.2, 0.25) is 0 Å². The molecule has 1 heterocycles. The van der Waals surface area contributed by atoms with Crippen LogP contribution in [0.4, 0.5) is 0 Å². The molecule has 0 amide bonds. The molecular weight excluding hydrogens is 162 g/mol. The summed E-state index contributed by atoms with van der Waals surface area (Å²) in [4.78, 5) is 0. The number of para-hydroxylation sites is 1. The third-order valence-corrected chi connectivity index (χ3v) is 2.23. The lowest BCUT2D eigenvalue weighted by Crippen LogP contribution is -2.00. The molecule has 2 N–H and O–H groups in total. The predicted octanol–water partition coefficient (Wildman–Crippen LogP) is 1.51. The quantitative estimate of drug-likeness (QED) is 0.752. The monoisotopic (exact) mass is 175 g/mol. The second kappa shape index (κ2) is 3.18. The molecule has 0 saturated carbocycles. The number of aryl methyl sites for hydroxylation is 1. The first-order chi connectivity index (χ1) is 6.36. The number of aromatic nitrogens is 2. The number of nitrogens with two attached hydrogens (primary N) is 1. The summed E-state index contributed by atoms with van der Waals surface area (Å²) in [5.41, 5.74) is 7.76. The van der Waals surface area contributed by atoms with Gasteiger partial charge in [0.05, 0.1) is 11.2 Å². The van der Waals surface area contributed by atoms with E-state index in [2.05, 4.69) is 24.2 Å². The van der Waals surface area contributed by atoms with Gasteiger partial charge >= 0.3 is 0 Å². The van der Waals surface area contributed by atoms with E-state index in [-0.39, 0.29) is 0 Å². The van der Waals surface area contributed by atoms with Crippen LogP contribution in [0, 0.1) is 0 Å². The van der Waals surface area contributed by atoms with Gasteiger partial charge in [-0.1, -0.05) is 18.2 Å². The van der Waals surface area contributed by atoms with Crippen LogP contribution in [0.2, 0.25) is 0 Å². The van der Waals surface area contributed by atoms with Crippen molar-refractivity contribution < 1.29 is 0 Å². The van der Waals surface area contributed by atoms with Crippen molar-refractivity contribution in [3.05, 3.63) is 30.0 Å². The second-order valence-electron chi connectivity index (χ2n) is 2.98. The third-order valence-electron chi connectivity index (χ3n) is 2.23. The SMILES string of the molecule is CCn1nc(CN)c2ccccc21. The van der Waals surface area contributed by atoms with Gasteiger partial charge in [-0.2, -0.15) is 5.10 Å². The lowest BCUT2D eigenvalue weighted by molar-refractivity contribution is 0.668. The number of hydrogen-bond acceptors (Lipinski definition) is 2. The molecule has 13 heavy (non-hydrogen) atoms. The van der Waals surface area contributed by atoms with Gasteiger partial charge in [-0.15, -0.1) is 0 Å². The highest BCUT2D eigenvalue weighted by Crippen LogP contribution is 2.17. The molecule has 0 radical (unpaired) electrons. The van der Waals surface area contributed by atoms with E-state index >= 15 is 0 Å². The van der Waals surface area contributed by atoms with Crippen molar-refractivity contribution in [1.29, 1.82) is 0 Å². The van der Waals surface area contributed by atoms with Crippen LogP contribution in [-0.4, -0.2) is 9.78 Å². The Morgan fingerprint density at radius 1 is 1.38 bits per heavy atom. The summed E-state index contributed by atoms with van der Waals surface area (Å²) in [6, 6.07) is 8.18. The van der Waals surface area contributed by atoms with Crippen molar-refractivity contribution in [3.63, 3.8) is 0 Å². The van der Waals surface area contributed by atoms with Crippen LogP contribution < -0.4 is 5.73 Å². The number of benzene rings is 1. The van der Waals surface area contributed by atoms with Crippen LogP contribution >= 0.6 is 0 Å². The van der Waals surface area contributed by atoms with Crippen molar-refractivity contribution in [1.82, 2.24) is 9.78 Å². The van der Waals surface area contributed by atoms with Gasteiger partial charge in [-0.25, -0.2) is 0 Å². The molecular formula is C10H13N3. The molecule has 0 spiro atoms. The molecule has 3 nitrogen and oxygen atoms in total. The standard InChI is InChI=1S/C10H13N3/c1-2-13-10-6-4-3-5-8(10)9(7-11)12-13/h3-6H,2,7,11H2,1H3. The average Bonchev–Trinajstić information content (AvgIpc) is 2.56. The zero-order chi connectivity index (χ0) is 9.26. The van der Waals surface area contributed by atoms with Gasteiger partial charge in [-0.3, -0.25) is 4.68 Å². The van der Waals surface area contributed by atoms with Crippen molar-refractivity contribution in [3.8, 4) is 0 Å². The molecule has 0 atom stereocenters. The number of fused-ring (bicyclic) bond motifs is 1. The van der Waals surface area contributed by atoms with E-state index in [1.54, 1.807) is 0 Å². The Balaban J connectivity index is 2.74. The summed E-state index contributed by atoms with van der Waals surface area (Å²) in [6.07, 6.45) is 0. The van der Waals surface area contributed by atoms with E-state index in [4.69, 9.17) is 5.73 Å². The van der Waals surface area contributed by atoms with Gasteiger partial charge in [0.1, 0.15) is 0 Å². The fourth-order valence-corrected chi connectivity index (χ4v) is 1.59. The van der Waals surface area contributed by atoms with E-state index in [0.717, 1.165) is 12.2 Å². The van der Waals surface area contributed by atoms with E-state index in [9.17, 15) is 0 Å². The topological polar surface area (TPSA) is 43.8 Å². The van der Waals surface area contributed by atoms with E-state index in [0.29, 0.717) is 6.54 Å². The molecule has 0 unspecified atom stereocenters. The molecule has 1 aromatic heterocycles. The summed E-state index contributed by atoms with van der Waals surface area (Å²) in [5.74, 6) is 0. The highest BCUT2D eigenvalue weighted by molar-refractivity contribution is 5.81. The molecule has 2 rings (SSSR count). The molecule has 0 saturated heterocycles. The number of hydrogen-bond donors (Lipinski definition) is 1. The van der Waals surface area contributed by atoms with E-state index < -0.39 is 0 Å². The Morgan fingerprint density at radius 2 is 2.15 bits per heavy atom. The summed E-state index contributed by atoms with van der Waals surface area (Å²) >= 11 is 0. The average molecular weight is 175 g/mol. The van der Waals surface area contributed by atoms with E-state index in [1.807, 2.05) is 16.8 Å². The van der Waals surface area contributed by atoms with Crippen molar-refractivity contribution >= 4 is 10.9 Å². The summed E-state index contributed by atoms with van der Waals surface area (Å²) in [6.45, 7) is 3.48. The minimum atomic E-state index is 0.507. The molecule has 0 aliphatic carbocycles. The minimum Gasteiger partial charge on any atom is -0.325 e. The molecule has 1 aromatic carbocycles. The van der Waals surface area contributed by atoms with Crippen LogP contribution in [0.3, 0.4) is 0 Å². The molecule has 3 heteroatoms. The first-order valence-electron chi connectivity index (χ1n) is 4.51. The molecule has 2 aromatic rings. The van der Waals surface area contributed by atoms with Crippen LogP contribution in [0.25, 0.3) is 10.9 Å². The first-order valence-corrected chi connectivity index (χ1v) is 4.51. The summed E-state index contributed by atoms with van der Waals surface area (Å²) < 4.78 is 1.98. The first kappa shape index (κ1) is 8.26. The zero-order valence-electron chi connectivity index (χ0n) is 7.70. The largest absolute Gasteiger partial charge is 0.325 e. The fraction of sp³-hybridized carbons (Fsp3) is 0.300. The van der Waals surface area contributed by atoms with Crippen LogP contribution in [0.15, 0.2) is 24.3 Å². The Hall–Kier alpha value is -1.35. The normalized spacial score (nSPS) is 10.9. The van der Waals surface area contributed by atoms with Crippen molar-refractivity contribution in [2.75, 3.05) is 0 Å². The smallest absolute Gasteiger partial charge is 0.0838 e. The highest BCUT2D eigenvalue weighted by atomic mass is 15.3. The lowest BCUT2D eigenvalue weighted by atomic mass is 10.2. The van der Waals surface area contributed by atoms with Gasteiger partial charge in [0.25, 0.3) is 0 Å². The van der Waals surface area contributed by atoms with Crippen LogP contribution in [0.5, 0.6) is 0 Å². The maximum atomic E-state index is 5.61. The Morgan fingerprint density at radius 3 is 2.85 bits per heavy atom. The molecule has 0 aliphatic rings. The zero-order valence-corrected chi connectivity index (χ0v) is 7.70. The highest BCUT2D eigenvalue weighted by Gasteiger charge is 2.05. The van der Waals surface area contributed by atoms with Crippen molar-refractivity contribution in [2.24, 2.45) is 5.73 Å². The predicted molar refractivity (Wildman–Crippen MR) is 53.3 cm³/mol. The van der Waals surface area contributed by atoms with Gasteiger partial charge < -0.3 is 5.73 Å². The third kappa shape index (κ3) is 1.21.